The third-order valence-corrected chi connectivity index (χ3v) is 3.94. The van der Waals surface area contributed by atoms with E-state index in [0.717, 1.165) is 0 Å². The van der Waals surface area contributed by atoms with Gasteiger partial charge in [0.05, 0.1) is 26.2 Å². The van der Waals surface area contributed by atoms with E-state index in [4.69, 9.17) is 0 Å². The van der Waals surface area contributed by atoms with E-state index in [-0.39, 0.29) is 12.4 Å². The second kappa shape index (κ2) is 19.4. The largest absolute Gasteiger partial charge is 1.00 e. The van der Waals surface area contributed by atoms with Gasteiger partial charge in [-0.05, 0) is 25.7 Å². The van der Waals surface area contributed by atoms with Gasteiger partial charge < -0.3 is 16.9 Å². The highest BCUT2D eigenvalue weighted by atomic mass is 35.5. The molecule has 0 aliphatic heterocycles. The predicted molar refractivity (Wildman–Crippen MR) is 99.4 cm³/mol. The molecule has 0 aliphatic carbocycles. The molecule has 0 aliphatic rings. The number of rotatable bonds is 12. The molecule has 0 amide bonds. The van der Waals surface area contributed by atoms with Crippen LogP contribution in [-0.2, 0) is 10.8 Å². The molecular formula is C18H42ClNOS. The van der Waals surface area contributed by atoms with Crippen LogP contribution in [0.1, 0.15) is 79.1 Å². The van der Waals surface area contributed by atoms with Gasteiger partial charge in [-0.1, -0.05) is 53.4 Å². The van der Waals surface area contributed by atoms with Gasteiger partial charge in [0, 0.05) is 23.3 Å². The van der Waals surface area contributed by atoms with Gasteiger partial charge in [-0.25, -0.2) is 0 Å². The van der Waals surface area contributed by atoms with Crippen LogP contribution in [0, 0.1) is 0 Å². The fourth-order valence-corrected chi connectivity index (χ4v) is 2.64. The first kappa shape index (κ1) is 27.3. The molecule has 0 rings (SSSR count). The molecule has 0 unspecified atom stereocenters. The lowest BCUT2D eigenvalue weighted by atomic mass is 10.1. The Balaban J connectivity index is -0.000000640. The Hall–Kier alpha value is 0.400. The minimum absolute atomic E-state index is 0. The Labute approximate surface area is 149 Å². The molecule has 2 nitrogen and oxygen atoms in total. The Morgan fingerprint density at radius 2 is 0.818 bits per heavy atom. The highest BCUT2D eigenvalue weighted by Crippen LogP contribution is 2.16. The number of hydrogen-bond donors (Lipinski definition) is 0. The third-order valence-electron chi connectivity index (χ3n) is 3.94. The Morgan fingerprint density at radius 3 is 0.955 bits per heavy atom. The lowest BCUT2D eigenvalue weighted by molar-refractivity contribution is -0.929. The van der Waals surface area contributed by atoms with E-state index >= 15 is 0 Å². The van der Waals surface area contributed by atoms with Crippen LogP contribution in [0.3, 0.4) is 0 Å². The predicted octanol–water partition coefficient (Wildman–Crippen LogP) is 2.00. The second-order valence-electron chi connectivity index (χ2n) is 6.39. The van der Waals surface area contributed by atoms with Crippen LogP contribution in [0.2, 0.25) is 0 Å². The average Bonchev–Trinajstić information content (AvgIpc) is 2.45. The fraction of sp³-hybridized carbons (Fsp3) is 1.00. The molecule has 138 valence electrons. The first-order valence-electron chi connectivity index (χ1n) is 9.08. The molecular weight excluding hydrogens is 314 g/mol. The Morgan fingerprint density at radius 1 is 0.636 bits per heavy atom. The summed E-state index contributed by atoms with van der Waals surface area (Å²) >= 11 is 0. The van der Waals surface area contributed by atoms with Crippen LogP contribution in [0.15, 0.2) is 0 Å². The van der Waals surface area contributed by atoms with Gasteiger partial charge >= 0.3 is 0 Å². The maximum atomic E-state index is 9.56. The zero-order chi connectivity index (χ0) is 16.6. The van der Waals surface area contributed by atoms with Crippen LogP contribution in [0.25, 0.3) is 0 Å². The van der Waals surface area contributed by atoms with Crippen molar-refractivity contribution in [2.45, 2.75) is 79.1 Å². The topological polar surface area (TPSA) is 17.1 Å². The van der Waals surface area contributed by atoms with Crippen LogP contribution in [0.5, 0.6) is 0 Å². The van der Waals surface area contributed by atoms with E-state index in [9.17, 15) is 4.21 Å². The van der Waals surface area contributed by atoms with Crippen LogP contribution in [-0.4, -0.2) is 47.4 Å². The molecule has 0 aromatic heterocycles. The summed E-state index contributed by atoms with van der Waals surface area (Å²) in [7, 11) is -0.611. The number of nitrogens with zero attached hydrogens (tertiary/aromatic N) is 1. The van der Waals surface area contributed by atoms with Crippen molar-refractivity contribution in [3.05, 3.63) is 0 Å². The highest BCUT2D eigenvalue weighted by Gasteiger charge is 2.24. The van der Waals surface area contributed by atoms with Gasteiger partial charge in [0.2, 0.25) is 0 Å². The summed E-state index contributed by atoms with van der Waals surface area (Å²) in [5, 5.41) is 0. The quantitative estimate of drug-likeness (QED) is 0.489. The average molecular weight is 356 g/mol. The SMILES string of the molecule is CCCC[N+](CCCC)(CCCC)CCCC.CS(C)=O.[Cl-]. The van der Waals surface area contributed by atoms with Crippen molar-refractivity contribution < 1.29 is 21.1 Å². The molecule has 0 radical (unpaired) electrons. The molecule has 0 saturated heterocycles. The van der Waals surface area contributed by atoms with Gasteiger partial charge in [-0.2, -0.15) is 0 Å². The van der Waals surface area contributed by atoms with Crippen molar-refractivity contribution in [3.8, 4) is 0 Å². The van der Waals surface area contributed by atoms with Crippen molar-refractivity contribution in [1.82, 2.24) is 0 Å². The third kappa shape index (κ3) is 18.4. The molecule has 0 bridgehead atoms. The molecule has 0 heterocycles. The lowest BCUT2D eigenvalue weighted by Crippen LogP contribution is -3.00. The molecule has 0 spiro atoms. The summed E-state index contributed by atoms with van der Waals surface area (Å²) in [6, 6.07) is 0. The zero-order valence-electron chi connectivity index (χ0n) is 16.1. The van der Waals surface area contributed by atoms with Gasteiger partial charge in [0.15, 0.2) is 0 Å². The van der Waals surface area contributed by atoms with Crippen molar-refractivity contribution in [3.63, 3.8) is 0 Å². The van der Waals surface area contributed by atoms with Gasteiger partial charge in [0.25, 0.3) is 0 Å². The normalized spacial score (nSPS) is 10.9. The molecule has 4 heteroatoms. The number of hydrogen-bond acceptors (Lipinski definition) is 1. The summed E-state index contributed by atoms with van der Waals surface area (Å²) in [5.41, 5.74) is 0. The second-order valence-corrected chi connectivity index (χ2v) is 7.88. The van der Waals surface area contributed by atoms with Crippen molar-refractivity contribution in [2.24, 2.45) is 0 Å². The maximum Gasteiger partial charge on any atom is 0.0786 e. The minimum atomic E-state index is -0.611. The molecule has 0 aromatic rings. The number of quaternary nitrogens is 1. The molecule has 0 fully saturated rings. The molecule has 22 heavy (non-hydrogen) atoms. The molecule has 0 aromatic carbocycles. The maximum absolute atomic E-state index is 9.56. The summed E-state index contributed by atoms with van der Waals surface area (Å²) in [5.74, 6) is 0. The van der Waals surface area contributed by atoms with E-state index in [0.29, 0.717) is 0 Å². The first-order chi connectivity index (χ1) is 9.97. The van der Waals surface area contributed by atoms with Gasteiger partial charge in [-0.3, -0.25) is 4.21 Å². The molecule has 0 N–H and O–H groups in total. The minimum Gasteiger partial charge on any atom is -1.00 e. The summed E-state index contributed by atoms with van der Waals surface area (Å²) < 4.78 is 11.0. The highest BCUT2D eigenvalue weighted by molar-refractivity contribution is 7.83. The summed E-state index contributed by atoms with van der Waals surface area (Å²) in [4.78, 5) is 0. The van der Waals surface area contributed by atoms with Crippen LogP contribution >= 0.6 is 0 Å². The Kier molecular flexibility index (Phi) is 24.1. The van der Waals surface area contributed by atoms with E-state index in [1.165, 1.54) is 82.0 Å². The fourth-order valence-electron chi connectivity index (χ4n) is 2.64. The van der Waals surface area contributed by atoms with Crippen LogP contribution in [0.4, 0.5) is 0 Å². The monoisotopic (exact) mass is 355 g/mol. The van der Waals surface area contributed by atoms with Crippen molar-refractivity contribution in [1.29, 1.82) is 0 Å². The Bertz CT molecular complexity index is 196. The van der Waals surface area contributed by atoms with Crippen molar-refractivity contribution >= 4 is 10.8 Å². The first-order valence-corrected chi connectivity index (χ1v) is 11.0. The zero-order valence-corrected chi connectivity index (χ0v) is 17.7. The van der Waals surface area contributed by atoms with E-state index < -0.39 is 10.8 Å². The van der Waals surface area contributed by atoms with E-state index in [2.05, 4.69) is 27.7 Å². The standard InChI is InChI=1S/C16H36N.C2H6OS.ClH/c1-5-9-13-17(14-10-6-2,15-11-7-3)16-12-8-4;1-4(2)3;/h5-16H2,1-4H3;1-2H3;1H/q+1;;/p-1. The summed E-state index contributed by atoms with van der Waals surface area (Å²) in [6.45, 7) is 15.0. The molecule has 0 saturated carbocycles. The smallest absolute Gasteiger partial charge is 0.0786 e. The van der Waals surface area contributed by atoms with Crippen molar-refractivity contribution in [2.75, 3.05) is 38.7 Å². The van der Waals surface area contributed by atoms with Gasteiger partial charge in [-0.15, -0.1) is 0 Å². The van der Waals surface area contributed by atoms with E-state index in [1.807, 2.05) is 0 Å². The van der Waals surface area contributed by atoms with E-state index in [1.54, 1.807) is 12.5 Å². The van der Waals surface area contributed by atoms with Crippen LogP contribution < -0.4 is 12.4 Å². The summed E-state index contributed by atoms with van der Waals surface area (Å²) in [6.07, 6.45) is 14.3. The lowest BCUT2D eigenvalue weighted by Gasteiger charge is -2.39. The number of unbranched alkanes of at least 4 members (excludes halogenated alkanes) is 4. The molecule has 0 atom stereocenters. The number of halogens is 1. The van der Waals surface area contributed by atoms with Gasteiger partial charge in [0.1, 0.15) is 0 Å².